The lowest BCUT2D eigenvalue weighted by Gasteiger charge is -2.10. The zero-order valence-corrected chi connectivity index (χ0v) is 18.9. The number of hydrogen-bond acceptors (Lipinski definition) is 8. The second-order valence-electron chi connectivity index (χ2n) is 7.26. The highest BCUT2D eigenvalue weighted by atomic mass is 35.5. The summed E-state index contributed by atoms with van der Waals surface area (Å²) in [6.07, 6.45) is 1.72. The van der Waals surface area contributed by atoms with E-state index < -0.39 is 0 Å². The first-order valence-electron chi connectivity index (χ1n) is 9.99. The average molecular weight is 447 g/mol. The van der Waals surface area contributed by atoms with Gasteiger partial charge >= 0.3 is 0 Å². The topological polar surface area (TPSA) is 110 Å². The number of rotatable bonds is 10. The van der Waals surface area contributed by atoms with E-state index in [1.807, 2.05) is 40.1 Å². The Morgan fingerprint density at radius 2 is 2.13 bits per heavy atom. The molecule has 0 aliphatic heterocycles. The van der Waals surface area contributed by atoms with Gasteiger partial charge in [-0.3, -0.25) is 9.48 Å². The molecule has 0 aromatic carbocycles. The van der Waals surface area contributed by atoms with Crippen molar-refractivity contribution >= 4 is 40.2 Å². The van der Waals surface area contributed by atoms with E-state index in [2.05, 4.69) is 30.7 Å². The van der Waals surface area contributed by atoms with Crippen molar-refractivity contribution in [1.82, 2.24) is 34.9 Å². The van der Waals surface area contributed by atoms with Crippen LogP contribution in [0.3, 0.4) is 0 Å². The minimum absolute atomic E-state index is 0.0767. The fourth-order valence-corrected chi connectivity index (χ4v) is 3.20. The molecule has 3 heterocycles. The first-order chi connectivity index (χ1) is 14.9. The highest BCUT2D eigenvalue weighted by molar-refractivity contribution is 6.28. The number of halogens is 1. The third-order valence-corrected chi connectivity index (χ3v) is 4.52. The minimum Gasteiger partial charge on any atom is -0.380 e. The van der Waals surface area contributed by atoms with E-state index in [1.165, 1.54) is 0 Å². The van der Waals surface area contributed by atoms with Crippen LogP contribution in [0.25, 0.3) is 11.0 Å². The first kappa shape index (κ1) is 22.9. The van der Waals surface area contributed by atoms with Crippen LogP contribution in [0.15, 0.2) is 18.3 Å². The van der Waals surface area contributed by atoms with Crippen molar-refractivity contribution in [2.45, 2.75) is 26.9 Å². The van der Waals surface area contributed by atoms with Crippen molar-refractivity contribution in [3.63, 3.8) is 0 Å². The molecule has 31 heavy (non-hydrogen) atoms. The van der Waals surface area contributed by atoms with Gasteiger partial charge in [0.15, 0.2) is 5.82 Å². The predicted octanol–water partition coefficient (Wildman–Crippen LogP) is 2.14. The fraction of sp³-hybridized carbons (Fsp3) is 0.450. The van der Waals surface area contributed by atoms with E-state index in [1.54, 1.807) is 15.8 Å². The van der Waals surface area contributed by atoms with E-state index in [0.29, 0.717) is 48.1 Å². The number of anilines is 2. The molecule has 1 amide bonds. The summed E-state index contributed by atoms with van der Waals surface area (Å²) in [6, 6.07) is 3.82. The van der Waals surface area contributed by atoms with E-state index in [9.17, 15) is 4.79 Å². The van der Waals surface area contributed by atoms with E-state index in [-0.39, 0.29) is 24.3 Å². The maximum Gasteiger partial charge on any atom is 0.234 e. The zero-order valence-electron chi connectivity index (χ0n) is 18.1. The number of pyridine rings is 1. The van der Waals surface area contributed by atoms with Gasteiger partial charge in [-0.15, -0.1) is 0 Å². The number of carbonyl (C=O) groups is 1. The highest BCUT2D eigenvalue weighted by Crippen LogP contribution is 2.27. The van der Waals surface area contributed by atoms with Crippen LogP contribution in [0.2, 0.25) is 5.28 Å². The molecule has 0 spiro atoms. The van der Waals surface area contributed by atoms with Gasteiger partial charge in [-0.1, -0.05) is 0 Å². The Kier molecular flexibility index (Phi) is 7.72. The molecule has 3 aromatic rings. The molecule has 0 fully saturated rings. The number of aryl methyl sites for hydroxylation is 1. The van der Waals surface area contributed by atoms with Gasteiger partial charge in [0.2, 0.25) is 11.2 Å². The summed E-state index contributed by atoms with van der Waals surface area (Å²) in [4.78, 5) is 27.0. The number of fused-ring (bicyclic) bond motifs is 1. The lowest BCUT2D eigenvalue weighted by molar-refractivity contribution is -0.121. The van der Waals surface area contributed by atoms with Crippen molar-refractivity contribution < 1.29 is 9.53 Å². The van der Waals surface area contributed by atoms with Gasteiger partial charge in [-0.2, -0.15) is 10.1 Å². The van der Waals surface area contributed by atoms with Gasteiger partial charge in [0, 0.05) is 12.8 Å². The number of carbonyl (C=O) groups excluding carboxylic acids is 1. The van der Waals surface area contributed by atoms with Crippen molar-refractivity contribution in [1.29, 1.82) is 0 Å². The molecule has 0 unspecified atom stereocenters. The van der Waals surface area contributed by atoms with Gasteiger partial charge in [0.25, 0.3) is 0 Å². The lowest BCUT2D eigenvalue weighted by Crippen LogP contribution is -2.33. The Morgan fingerprint density at radius 3 is 2.84 bits per heavy atom. The third kappa shape index (κ3) is 6.09. The predicted molar refractivity (Wildman–Crippen MR) is 119 cm³/mol. The van der Waals surface area contributed by atoms with Gasteiger partial charge < -0.3 is 20.3 Å². The van der Waals surface area contributed by atoms with Gasteiger partial charge in [0.05, 0.1) is 26.2 Å². The SMILES string of the molecule is CCOCCn1nc(CNC(=O)CN(C)C)c2nc(Cl)nc(Nc3cc(C)ccn3)c21. The number of nitrogens with one attached hydrogen (secondary N) is 2. The molecule has 0 saturated heterocycles. The molecule has 11 heteroatoms. The summed E-state index contributed by atoms with van der Waals surface area (Å²) in [5, 5.41) is 10.8. The Morgan fingerprint density at radius 1 is 1.32 bits per heavy atom. The quantitative estimate of drug-likeness (QED) is 0.360. The second-order valence-corrected chi connectivity index (χ2v) is 7.60. The molecule has 0 bridgehead atoms. The van der Waals surface area contributed by atoms with Crippen LogP contribution in [0.4, 0.5) is 11.6 Å². The molecule has 0 aliphatic rings. The number of aromatic nitrogens is 5. The van der Waals surface area contributed by atoms with Crippen molar-refractivity contribution in [2.75, 3.05) is 39.2 Å². The van der Waals surface area contributed by atoms with Crippen molar-refractivity contribution in [2.24, 2.45) is 0 Å². The lowest BCUT2D eigenvalue weighted by atomic mass is 10.3. The van der Waals surface area contributed by atoms with Crippen LogP contribution >= 0.6 is 11.6 Å². The number of ether oxygens (including phenoxy) is 1. The molecule has 3 rings (SSSR count). The second kappa shape index (κ2) is 10.5. The summed E-state index contributed by atoms with van der Waals surface area (Å²) in [5.74, 6) is 1.02. The summed E-state index contributed by atoms with van der Waals surface area (Å²) >= 11 is 6.22. The van der Waals surface area contributed by atoms with Crippen LogP contribution in [0, 0.1) is 6.92 Å². The van der Waals surface area contributed by atoms with Crippen LogP contribution in [0.1, 0.15) is 18.2 Å². The summed E-state index contributed by atoms with van der Waals surface area (Å²) < 4.78 is 7.27. The van der Waals surface area contributed by atoms with E-state index in [0.717, 1.165) is 5.56 Å². The average Bonchev–Trinajstić information content (AvgIpc) is 3.03. The Bertz CT molecular complexity index is 1050. The summed E-state index contributed by atoms with van der Waals surface area (Å²) in [7, 11) is 3.67. The molecule has 0 saturated carbocycles. The van der Waals surface area contributed by atoms with E-state index >= 15 is 0 Å². The van der Waals surface area contributed by atoms with Gasteiger partial charge in [0.1, 0.15) is 22.5 Å². The maximum absolute atomic E-state index is 12.1. The standard InChI is InChI=1S/C20H27ClN8O2/c1-5-31-9-8-29-18-17(14(27-29)11-23-16(30)12-28(3)4)25-20(21)26-19(18)24-15-10-13(2)6-7-22-15/h6-7,10H,5,8-9,11-12H2,1-4H3,(H,23,30)(H,22,24,25,26). The fourth-order valence-electron chi connectivity index (χ4n) is 3.03. The van der Waals surface area contributed by atoms with Crippen LogP contribution < -0.4 is 10.6 Å². The molecule has 3 aromatic heterocycles. The van der Waals surface area contributed by atoms with Crippen molar-refractivity contribution in [3.8, 4) is 0 Å². The highest BCUT2D eigenvalue weighted by Gasteiger charge is 2.19. The number of amides is 1. The molecule has 0 atom stereocenters. The summed E-state index contributed by atoms with van der Waals surface area (Å²) in [5.41, 5.74) is 2.90. The molecular weight excluding hydrogens is 420 g/mol. The van der Waals surface area contributed by atoms with Crippen LogP contribution in [-0.2, 0) is 22.6 Å². The van der Waals surface area contributed by atoms with E-state index in [4.69, 9.17) is 16.3 Å². The molecule has 10 nitrogen and oxygen atoms in total. The third-order valence-electron chi connectivity index (χ3n) is 4.36. The summed E-state index contributed by atoms with van der Waals surface area (Å²) in [6.45, 7) is 6.00. The molecule has 0 radical (unpaired) electrons. The smallest absolute Gasteiger partial charge is 0.234 e. The maximum atomic E-state index is 12.1. The van der Waals surface area contributed by atoms with Gasteiger partial charge in [-0.25, -0.2) is 9.97 Å². The molecule has 2 N–H and O–H groups in total. The Hall–Kier alpha value is -2.82. The minimum atomic E-state index is -0.107. The molecule has 166 valence electrons. The zero-order chi connectivity index (χ0) is 22.4. The largest absolute Gasteiger partial charge is 0.380 e. The first-order valence-corrected chi connectivity index (χ1v) is 10.4. The van der Waals surface area contributed by atoms with Crippen LogP contribution in [0.5, 0.6) is 0 Å². The Balaban J connectivity index is 1.98. The normalized spacial score (nSPS) is 11.3. The Labute approximate surface area is 186 Å². The number of nitrogens with zero attached hydrogens (tertiary/aromatic N) is 6. The monoisotopic (exact) mass is 446 g/mol. The van der Waals surface area contributed by atoms with Crippen molar-refractivity contribution in [3.05, 3.63) is 34.9 Å². The van der Waals surface area contributed by atoms with Crippen LogP contribution in [-0.4, -0.2) is 69.4 Å². The number of likely N-dealkylation sites (N-methyl/N-ethyl adjacent to an activating group) is 1. The molecule has 0 aliphatic carbocycles. The number of hydrogen-bond donors (Lipinski definition) is 2. The molecular formula is C20H27ClN8O2. The van der Waals surface area contributed by atoms with Gasteiger partial charge in [-0.05, 0) is 57.2 Å².